The number of aryl methyl sites for hydroxylation is 2. The van der Waals surface area contributed by atoms with Crippen molar-refractivity contribution in [3.05, 3.63) is 59.7 Å². The van der Waals surface area contributed by atoms with Gasteiger partial charge < -0.3 is 4.57 Å². The van der Waals surface area contributed by atoms with Crippen LogP contribution < -0.4 is 10.6 Å². The van der Waals surface area contributed by atoms with Crippen molar-refractivity contribution in [1.29, 1.82) is 0 Å². The molecule has 0 aliphatic rings. The summed E-state index contributed by atoms with van der Waals surface area (Å²) < 4.78 is 13.2. The van der Waals surface area contributed by atoms with Crippen molar-refractivity contribution in [3.63, 3.8) is 0 Å². The van der Waals surface area contributed by atoms with Crippen LogP contribution in [0.1, 0.15) is 50.7 Å². The van der Waals surface area contributed by atoms with Gasteiger partial charge in [-0.15, -0.1) is 0 Å². The second kappa shape index (κ2) is 8.85. The minimum absolute atomic E-state index is 0.874. The molecule has 2 aromatic carbocycles. The smallest absolute Gasteiger partial charge is 0.203 e. The molecular formula is C20H26BrOP. The molecule has 0 radical (unpaired) electrons. The lowest BCUT2D eigenvalue weighted by molar-refractivity contribution is 0.596. The summed E-state index contributed by atoms with van der Waals surface area (Å²) in [7, 11) is 0. The van der Waals surface area contributed by atoms with Gasteiger partial charge in [-0.1, -0.05) is 75.2 Å². The van der Waals surface area contributed by atoms with E-state index in [1.54, 1.807) is 0 Å². The van der Waals surface area contributed by atoms with E-state index in [9.17, 15) is 4.57 Å². The van der Waals surface area contributed by atoms with E-state index < -0.39 is 5.84 Å². The van der Waals surface area contributed by atoms with Gasteiger partial charge in [0.15, 0.2) is 0 Å². The normalized spacial score (nSPS) is 11.6. The highest BCUT2D eigenvalue weighted by atomic mass is 79.9. The maximum absolute atomic E-state index is 13.2. The molecule has 0 heterocycles. The third-order valence-corrected chi connectivity index (χ3v) is 8.56. The Bertz CT molecular complexity index is 591. The largest absolute Gasteiger partial charge is 0.302 e. The molecule has 0 aliphatic carbocycles. The van der Waals surface area contributed by atoms with E-state index in [4.69, 9.17) is 0 Å². The van der Waals surface area contributed by atoms with Crippen molar-refractivity contribution in [1.82, 2.24) is 0 Å². The maximum atomic E-state index is 13.2. The quantitative estimate of drug-likeness (QED) is 0.503. The molecule has 2 rings (SSSR count). The number of rotatable bonds is 8. The lowest BCUT2D eigenvalue weighted by Crippen LogP contribution is -2.12. The zero-order valence-electron chi connectivity index (χ0n) is 14.1. The minimum Gasteiger partial charge on any atom is -0.302 e. The molecule has 124 valence electrons. The summed E-state index contributed by atoms with van der Waals surface area (Å²) in [6.45, 7) is 4.40. The van der Waals surface area contributed by atoms with E-state index in [0.29, 0.717) is 0 Å². The molecule has 1 nitrogen and oxygen atoms in total. The molecule has 0 amide bonds. The standard InChI is InChI=1S/C20H26BrOP/c1-3-5-7-17-9-13-19(14-10-17)23(21,22)20-15-11-18(12-16-20)8-6-4-2/h9-16H,3-8H2,1-2H3. The predicted molar refractivity (Wildman–Crippen MR) is 106 cm³/mol. The molecule has 0 aromatic heterocycles. The van der Waals surface area contributed by atoms with Gasteiger partial charge in [0.1, 0.15) is 0 Å². The predicted octanol–water partition coefficient (Wildman–Crippen LogP) is 6.00. The van der Waals surface area contributed by atoms with E-state index in [2.05, 4.69) is 53.6 Å². The third-order valence-electron chi connectivity index (χ3n) is 4.17. The number of benzene rings is 2. The van der Waals surface area contributed by atoms with Crippen LogP contribution in [0.4, 0.5) is 0 Å². The monoisotopic (exact) mass is 392 g/mol. The van der Waals surface area contributed by atoms with Crippen LogP contribution >= 0.6 is 21.3 Å². The van der Waals surface area contributed by atoms with Crippen LogP contribution in [0.3, 0.4) is 0 Å². The summed E-state index contributed by atoms with van der Waals surface area (Å²) in [6, 6.07) is 16.4. The second-order valence-electron chi connectivity index (χ2n) is 6.07. The molecular weight excluding hydrogens is 367 g/mol. The van der Waals surface area contributed by atoms with Gasteiger partial charge in [-0.25, -0.2) is 0 Å². The van der Waals surface area contributed by atoms with Crippen LogP contribution in [-0.2, 0) is 17.4 Å². The van der Waals surface area contributed by atoms with Crippen LogP contribution in [0.25, 0.3) is 0 Å². The lowest BCUT2D eigenvalue weighted by atomic mass is 10.1. The Kier molecular flexibility index (Phi) is 7.11. The molecule has 0 aliphatic heterocycles. The topological polar surface area (TPSA) is 17.1 Å². The van der Waals surface area contributed by atoms with Crippen molar-refractivity contribution in [2.45, 2.75) is 52.4 Å². The number of hydrogen-bond donors (Lipinski definition) is 0. The molecule has 0 saturated heterocycles. The Morgan fingerprint density at radius 1 is 0.739 bits per heavy atom. The zero-order valence-corrected chi connectivity index (χ0v) is 16.6. The average Bonchev–Trinajstić information content (AvgIpc) is 2.59. The minimum atomic E-state index is -2.68. The number of hydrogen-bond acceptors (Lipinski definition) is 1. The van der Waals surface area contributed by atoms with Gasteiger partial charge in [0.05, 0.1) is 0 Å². The van der Waals surface area contributed by atoms with Crippen LogP contribution in [0.5, 0.6) is 0 Å². The highest BCUT2D eigenvalue weighted by molar-refractivity contribution is 9.42. The molecule has 0 N–H and O–H groups in total. The van der Waals surface area contributed by atoms with Gasteiger partial charge in [0.2, 0.25) is 5.84 Å². The van der Waals surface area contributed by atoms with Crippen LogP contribution in [0.15, 0.2) is 48.5 Å². The molecule has 3 heteroatoms. The second-order valence-corrected chi connectivity index (χ2v) is 11.2. The zero-order chi connectivity index (χ0) is 16.7. The molecule has 0 atom stereocenters. The number of unbranched alkanes of at least 4 members (excludes halogenated alkanes) is 2. The van der Waals surface area contributed by atoms with Gasteiger partial charge in [0, 0.05) is 10.6 Å². The summed E-state index contributed by atoms with van der Waals surface area (Å²) >= 11 is 3.51. The molecule has 0 fully saturated rings. The van der Waals surface area contributed by atoms with Crippen LogP contribution in [-0.4, -0.2) is 0 Å². The lowest BCUT2D eigenvalue weighted by Gasteiger charge is -2.13. The summed E-state index contributed by atoms with van der Waals surface area (Å²) in [5.41, 5.74) is 2.64. The fourth-order valence-electron chi connectivity index (χ4n) is 2.62. The Balaban J connectivity index is 2.15. The summed E-state index contributed by atoms with van der Waals surface area (Å²) in [5, 5.41) is 1.75. The van der Waals surface area contributed by atoms with Gasteiger partial charge in [0.25, 0.3) is 0 Å². The van der Waals surface area contributed by atoms with E-state index >= 15 is 0 Å². The van der Waals surface area contributed by atoms with Gasteiger partial charge in [-0.3, -0.25) is 0 Å². The first-order chi connectivity index (χ1) is 11.1. The molecule has 23 heavy (non-hydrogen) atoms. The SMILES string of the molecule is CCCCc1ccc(P(=O)(Br)c2ccc(CCCC)cc2)cc1. The fraction of sp³-hybridized carbons (Fsp3) is 0.400. The van der Waals surface area contributed by atoms with Crippen LogP contribution in [0, 0.1) is 0 Å². The Morgan fingerprint density at radius 3 is 1.39 bits per heavy atom. The summed E-state index contributed by atoms with van der Waals surface area (Å²) in [6.07, 6.45) is 6.98. The summed E-state index contributed by atoms with van der Waals surface area (Å²) in [4.78, 5) is 0. The third kappa shape index (κ3) is 5.06. The summed E-state index contributed by atoms with van der Waals surface area (Å²) in [5.74, 6) is -2.68. The first-order valence-corrected chi connectivity index (χ1v) is 12.3. The van der Waals surface area contributed by atoms with Crippen molar-refractivity contribution in [3.8, 4) is 0 Å². The maximum Gasteiger partial charge on any atom is 0.203 e. The first-order valence-electron chi connectivity index (χ1n) is 8.56. The molecule has 0 saturated carbocycles. The van der Waals surface area contributed by atoms with Crippen molar-refractivity contribution < 1.29 is 4.57 Å². The molecule has 0 spiro atoms. The Hall–Kier alpha value is -0.850. The average molecular weight is 393 g/mol. The molecule has 0 unspecified atom stereocenters. The molecule has 0 bridgehead atoms. The Labute approximate surface area is 148 Å². The Morgan fingerprint density at radius 2 is 1.09 bits per heavy atom. The van der Waals surface area contributed by atoms with Crippen molar-refractivity contribution in [2.75, 3.05) is 0 Å². The first kappa shape index (κ1) is 18.5. The highest BCUT2D eigenvalue weighted by Crippen LogP contribution is 2.51. The van der Waals surface area contributed by atoms with Crippen molar-refractivity contribution in [2.24, 2.45) is 0 Å². The molecule has 2 aromatic rings. The van der Waals surface area contributed by atoms with E-state index in [0.717, 1.165) is 23.5 Å². The van der Waals surface area contributed by atoms with Gasteiger partial charge in [-0.2, -0.15) is 0 Å². The van der Waals surface area contributed by atoms with E-state index in [1.807, 2.05) is 24.3 Å². The number of halogens is 1. The van der Waals surface area contributed by atoms with Crippen LogP contribution in [0.2, 0.25) is 0 Å². The van der Waals surface area contributed by atoms with E-state index in [1.165, 1.54) is 36.8 Å². The van der Waals surface area contributed by atoms with Crippen molar-refractivity contribution >= 4 is 31.9 Å². The van der Waals surface area contributed by atoms with Gasteiger partial charge >= 0.3 is 0 Å². The van der Waals surface area contributed by atoms with E-state index in [-0.39, 0.29) is 0 Å². The fourth-order valence-corrected chi connectivity index (χ4v) is 5.40. The van der Waals surface area contributed by atoms with Gasteiger partial charge in [-0.05, 0) is 52.3 Å². The highest BCUT2D eigenvalue weighted by Gasteiger charge is 2.23.